The van der Waals surface area contributed by atoms with E-state index in [4.69, 9.17) is 0 Å². The van der Waals surface area contributed by atoms with Gasteiger partial charge in [0.2, 0.25) is 0 Å². The number of rotatable bonds is 1. The summed E-state index contributed by atoms with van der Waals surface area (Å²) >= 11 is 5.05. The minimum Gasteiger partial charge on any atom is -0.207 e. The summed E-state index contributed by atoms with van der Waals surface area (Å²) in [6.07, 6.45) is 0. The third-order valence-corrected chi connectivity index (χ3v) is 3.43. The molecule has 0 spiro atoms. The van der Waals surface area contributed by atoms with Gasteiger partial charge >= 0.3 is 0 Å². The van der Waals surface area contributed by atoms with Gasteiger partial charge in [0.15, 0.2) is 0 Å². The molecule has 0 bridgehead atoms. The molecule has 72 valence electrons. The number of hydrogen-bond donors (Lipinski definition) is 0. The second-order valence-electron chi connectivity index (χ2n) is 3.79. The number of halogens is 2. The van der Waals surface area contributed by atoms with Crippen molar-refractivity contribution in [2.75, 3.05) is 0 Å². The fourth-order valence-electron chi connectivity index (χ4n) is 0.885. The fraction of sp³-hybridized carbons (Fsp3) is 0.400. The Bertz CT molecular complexity index is 304. The van der Waals surface area contributed by atoms with Crippen molar-refractivity contribution in [3.05, 3.63) is 28.5 Å². The van der Waals surface area contributed by atoms with Crippen LogP contribution in [0.15, 0.2) is 27.6 Å². The highest BCUT2D eigenvalue weighted by molar-refractivity contribution is 9.10. The van der Waals surface area contributed by atoms with Crippen molar-refractivity contribution in [1.29, 1.82) is 0 Å². The van der Waals surface area contributed by atoms with E-state index in [0.29, 0.717) is 0 Å². The Morgan fingerprint density at radius 1 is 1.31 bits per heavy atom. The first-order valence-electron chi connectivity index (χ1n) is 4.02. The van der Waals surface area contributed by atoms with E-state index in [1.165, 1.54) is 6.07 Å². The van der Waals surface area contributed by atoms with Gasteiger partial charge in [-0.2, -0.15) is 0 Å². The molecule has 13 heavy (non-hydrogen) atoms. The SMILES string of the molecule is CC(C)(C)Sc1cc(F)ccc1Br. The molecule has 0 saturated heterocycles. The average molecular weight is 263 g/mol. The molecule has 0 amide bonds. The zero-order valence-electron chi connectivity index (χ0n) is 7.90. The summed E-state index contributed by atoms with van der Waals surface area (Å²) in [6.45, 7) is 6.32. The van der Waals surface area contributed by atoms with Crippen molar-refractivity contribution in [1.82, 2.24) is 0 Å². The van der Waals surface area contributed by atoms with Crippen LogP contribution in [0.2, 0.25) is 0 Å². The Morgan fingerprint density at radius 3 is 2.46 bits per heavy atom. The molecule has 0 fully saturated rings. The minimum atomic E-state index is -0.185. The van der Waals surface area contributed by atoms with Crippen LogP contribution in [-0.4, -0.2) is 4.75 Å². The molecule has 1 aromatic carbocycles. The number of hydrogen-bond acceptors (Lipinski definition) is 1. The van der Waals surface area contributed by atoms with Gasteiger partial charge in [-0.15, -0.1) is 11.8 Å². The van der Waals surface area contributed by atoms with Crippen molar-refractivity contribution in [3.8, 4) is 0 Å². The van der Waals surface area contributed by atoms with Crippen LogP contribution in [0.5, 0.6) is 0 Å². The Labute approximate surface area is 91.0 Å². The second kappa shape index (κ2) is 4.01. The molecule has 0 aromatic heterocycles. The highest BCUT2D eigenvalue weighted by atomic mass is 79.9. The van der Waals surface area contributed by atoms with Crippen LogP contribution in [0.4, 0.5) is 4.39 Å². The zero-order chi connectivity index (χ0) is 10.1. The van der Waals surface area contributed by atoms with Crippen molar-refractivity contribution >= 4 is 27.7 Å². The van der Waals surface area contributed by atoms with E-state index in [1.54, 1.807) is 23.9 Å². The minimum absolute atomic E-state index is 0.107. The highest BCUT2D eigenvalue weighted by Gasteiger charge is 2.14. The average Bonchev–Trinajstić information content (AvgIpc) is 1.94. The van der Waals surface area contributed by atoms with Crippen LogP contribution in [0.1, 0.15) is 20.8 Å². The summed E-state index contributed by atoms with van der Waals surface area (Å²) in [7, 11) is 0. The van der Waals surface area contributed by atoms with E-state index in [1.807, 2.05) is 0 Å². The third-order valence-electron chi connectivity index (χ3n) is 1.31. The van der Waals surface area contributed by atoms with Gasteiger partial charge in [0.25, 0.3) is 0 Å². The summed E-state index contributed by atoms with van der Waals surface area (Å²) in [4.78, 5) is 0.951. The smallest absolute Gasteiger partial charge is 0.124 e. The van der Waals surface area contributed by atoms with Crippen molar-refractivity contribution < 1.29 is 4.39 Å². The van der Waals surface area contributed by atoms with Crippen molar-refractivity contribution in [2.45, 2.75) is 30.4 Å². The molecule has 0 unspecified atom stereocenters. The van der Waals surface area contributed by atoms with Gasteiger partial charge in [-0.3, -0.25) is 0 Å². The van der Waals surface area contributed by atoms with Gasteiger partial charge in [-0.05, 0) is 34.1 Å². The molecule has 0 aliphatic rings. The predicted octanol–water partition coefficient (Wildman–Crippen LogP) is 4.48. The van der Waals surface area contributed by atoms with Crippen LogP contribution in [0.3, 0.4) is 0 Å². The second-order valence-corrected chi connectivity index (χ2v) is 6.51. The van der Waals surface area contributed by atoms with E-state index in [2.05, 4.69) is 36.7 Å². The standard InChI is InChI=1S/C10H12BrFS/c1-10(2,3)13-9-6-7(12)4-5-8(9)11/h4-6H,1-3H3. The maximum absolute atomic E-state index is 12.9. The van der Waals surface area contributed by atoms with E-state index in [-0.39, 0.29) is 10.6 Å². The van der Waals surface area contributed by atoms with Crippen LogP contribution < -0.4 is 0 Å². The highest BCUT2D eigenvalue weighted by Crippen LogP contribution is 2.36. The Hall–Kier alpha value is -0.0200. The zero-order valence-corrected chi connectivity index (χ0v) is 10.3. The van der Waals surface area contributed by atoms with Gasteiger partial charge in [0.1, 0.15) is 5.82 Å². The lowest BCUT2D eigenvalue weighted by Crippen LogP contribution is -2.06. The number of thioether (sulfide) groups is 1. The molecule has 0 radical (unpaired) electrons. The maximum Gasteiger partial charge on any atom is 0.124 e. The monoisotopic (exact) mass is 262 g/mol. The van der Waals surface area contributed by atoms with E-state index in [9.17, 15) is 4.39 Å². The molecule has 0 heterocycles. The van der Waals surface area contributed by atoms with Crippen molar-refractivity contribution in [3.63, 3.8) is 0 Å². The molecule has 0 nitrogen and oxygen atoms in total. The van der Waals surface area contributed by atoms with Gasteiger partial charge in [0.05, 0.1) is 0 Å². The lowest BCUT2D eigenvalue weighted by atomic mass is 10.3. The van der Waals surface area contributed by atoms with Crippen molar-refractivity contribution in [2.24, 2.45) is 0 Å². The van der Waals surface area contributed by atoms with Crippen LogP contribution >= 0.6 is 27.7 Å². The summed E-state index contributed by atoms with van der Waals surface area (Å²) in [5, 5.41) is 0. The summed E-state index contributed by atoms with van der Waals surface area (Å²) < 4.78 is 13.9. The summed E-state index contributed by atoms with van der Waals surface area (Å²) in [5.74, 6) is -0.185. The quantitative estimate of drug-likeness (QED) is 0.673. The molecule has 0 saturated carbocycles. The first-order chi connectivity index (χ1) is 5.88. The molecular weight excluding hydrogens is 251 g/mol. The molecule has 1 rings (SSSR count). The largest absolute Gasteiger partial charge is 0.207 e. The first kappa shape index (κ1) is 11.1. The van der Waals surface area contributed by atoms with Crippen LogP contribution in [0, 0.1) is 5.82 Å². The molecule has 0 aliphatic carbocycles. The van der Waals surface area contributed by atoms with Gasteiger partial charge < -0.3 is 0 Å². The maximum atomic E-state index is 12.9. The summed E-state index contributed by atoms with van der Waals surface area (Å²) in [6, 6.07) is 4.75. The van der Waals surface area contributed by atoms with E-state index >= 15 is 0 Å². The van der Waals surface area contributed by atoms with Gasteiger partial charge in [-0.25, -0.2) is 4.39 Å². The van der Waals surface area contributed by atoms with Gasteiger partial charge in [-0.1, -0.05) is 20.8 Å². The van der Waals surface area contributed by atoms with E-state index < -0.39 is 0 Å². The van der Waals surface area contributed by atoms with Gasteiger partial charge in [0, 0.05) is 14.1 Å². The lowest BCUT2D eigenvalue weighted by molar-refractivity contribution is 0.623. The fourth-order valence-corrected chi connectivity index (χ4v) is 2.37. The normalized spacial score (nSPS) is 11.8. The summed E-state index contributed by atoms with van der Waals surface area (Å²) in [5.41, 5.74) is 0. The molecule has 0 atom stereocenters. The molecule has 1 aromatic rings. The molecule has 0 aliphatic heterocycles. The Kier molecular flexibility index (Phi) is 3.41. The van der Waals surface area contributed by atoms with Crippen LogP contribution in [-0.2, 0) is 0 Å². The molecule has 3 heteroatoms. The topological polar surface area (TPSA) is 0 Å². The van der Waals surface area contributed by atoms with E-state index in [0.717, 1.165) is 9.37 Å². The Balaban J connectivity index is 2.94. The predicted molar refractivity (Wildman–Crippen MR) is 59.7 cm³/mol. The molecule has 0 N–H and O–H groups in total. The number of benzene rings is 1. The molecular formula is C10H12BrFS. The Morgan fingerprint density at radius 2 is 1.92 bits per heavy atom. The third kappa shape index (κ3) is 3.69. The lowest BCUT2D eigenvalue weighted by Gasteiger charge is -2.18. The van der Waals surface area contributed by atoms with Crippen LogP contribution in [0.25, 0.3) is 0 Å². The first-order valence-corrected chi connectivity index (χ1v) is 5.63.